The molecule has 1 aliphatic rings. The number of fused-ring (bicyclic) bond motifs is 1. The lowest BCUT2D eigenvalue weighted by Crippen LogP contribution is -2.27. The van der Waals surface area contributed by atoms with E-state index < -0.39 is 18.4 Å². The summed E-state index contributed by atoms with van der Waals surface area (Å²) in [5.41, 5.74) is 0.768. The molecule has 0 fully saturated rings. The van der Waals surface area contributed by atoms with Gasteiger partial charge in [-0.25, -0.2) is 0 Å². The fraction of sp³-hybridized carbons (Fsp3) is 0.167. The lowest BCUT2D eigenvalue weighted by atomic mass is 10.2. The van der Waals surface area contributed by atoms with E-state index in [1.54, 1.807) is 24.3 Å². The Morgan fingerprint density at radius 2 is 2.11 bits per heavy atom. The first-order valence-corrected chi connectivity index (χ1v) is 5.22. The molecule has 2 rings (SSSR count). The Labute approximate surface area is 103 Å². The molecule has 1 aliphatic heterocycles. The van der Waals surface area contributed by atoms with E-state index in [4.69, 9.17) is 14.6 Å². The van der Waals surface area contributed by atoms with Gasteiger partial charge in [-0.15, -0.1) is 0 Å². The van der Waals surface area contributed by atoms with Gasteiger partial charge in [-0.3, -0.25) is 9.59 Å². The number of carbonyl (C=O) groups excluding carboxylic acids is 1. The van der Waals surface area contributed by atoms with Gasteiger partial charge in [-0.05, 0) is 23.8 Å². The average molecular weight is 249 g/mol. The van der Waals surface area contributed by atoms with Crippen LogP contribution in [-0.2, 0) is 9.59 Å². The molecule has 0 saturated carbocycles. The second-order valence-corrected chi connectivity index (χ2v) is 3.56. The Hall–Kier alpha value is -2.50. The highest BCUT2D eigenvalue weighted by Crippen LogP contribution is 2.32. The molecule has 0 aromatic heterocycles. The maximum absolute atomic E-state index is 11.2. The smallest absolute Gasteiger partial charge is 0.322 e. The van der Waals surface area contributed by atoms with Crippen molar-refractivity contribution in [3.05, 3.63) is 29.8 Å². The van der Waals surface area contributed by atoms with E-state index >= 15 is 0 Å². The molecule has 0 atom stereocenters. The molecular weight excluding hydrogens is 238 g/mol. The van der Waals surface area contributed by atoms with Gasteiger partial charge in [-0.1, -0.05) is 6.07 Å². The Balaban J connectivity index is 1.96. The molecule has 0 bridgehead atoms. The molecule has 1 heterocycles. The zero-order valence-corrected chi connectivity index (χ0v) is 9.38. The summed E-state index contributed by atoms with van der Waals surface area (Å²) in [6.45, 7) is -0.202. The summed E-state index contributed by atoms with van der Waals surface area (Å²) in [5, 5.41) is 10.6. The van der Waals surface area contributed by atoms with Gasteiger partial charge in [0.1, 0.15) is 6.54 Å². The van der Waals surface area contributed by atoms with Crippen LogP contribution in [0.25, 0.3) is 6.08 Å². The van der Waals surface area contributed by atoms with Crippen molar-refractivity contribution >= 4 is 18.0 Å². The minimum Gasteiger partial charge on any atom is -0.480 e. The molecule has 0 aliphatic carbocycles. The Morgan fingerprint density at radius 1 is 1.33 bits per heavy atom. The summed E-state index contributed by atoms with van der Waals surface area (Å²) in [6.07, 6.45) is 2.83. The predicted molar refractivity (Wildman–Crippen MR) is 62.2 cm³/mol. The first-order valence-electron chi connectivity index (χ1n) is 5.22. The van der Waals surface area contributed by atoms with E-state index in [2.05, 4.69) is 5.32 Å². The van der Waals surface area contributed by atoms with Gasteiger partial charge in [0.25, 0.3) is 0 Å². The summed E-state index contributed by atoms with van der Waals surface area (Å²) >= 11 is 0. The SMILES string of the molecule is O=C(O)CNC(=O)/C=C/c1ccc2c(c1)OCO2. The third kappa shape index (κ3) is 3.00. The third-order valence-corrected chi connectivity index (χ3v) is 2.24. The summed E-state index contributed by atoms with van der Waals surface area (Å²) in [5.74, 6) is -0.250. The lowest BCUT2D eigenvalue weighted by molar-refractivity contribution is -0.137. The standard InChI is InChI=1S/C12H11NO5/c14-11(13-6-12(15)16)4-2-8-1-3-9-10(5-8)18-7-17-9/h1-5H,6-7H2,(H,13,14)(H,15,16)/b4-2+. The quantitative estimate of drug-likeness (QED) is 0.764. The number of hydrogen-bond acceptors (Lipinski definition) is 4. The van der Waals surface area contributed by atoms with E-state index in [9.17, 15) is 9.59 Å². The Kier molecular flexibility index (Phi) is 3.47. The van der Waals surface area contributed by atoms with Crippen LogP contribution in [0.3, 0.4) is 0 Å². The van der Waals surface area contributed by atoms with Crippen LogP contribution < -0.4 is 14.8 Å². The molecule has 1 aromatic carbocycles. The number of aliphatic carboxylic acids is 1. The van der Waals surface area contributed by atoms with Crippen LogP contribution >= 0.6 is 0 Å². The minimum absolute atomic E-state index is 0.196. The summed E-state index contributed by atoms with van der Waals surface area (Å²) in [6, 6.07) is 5.26. The number of benzene rings is 1. The number of carboxylic acid groups (broad SMARTS) is 1. The number of ether oxygens (including phenoxy) is 2. The van der Waals surface area contributed by atoms with Crippen LogP contribution in [0.1, 0.15) is 5.56 Å². The number of amides is 1. The van der Waals surface area contributed by atoms with Crippen molar-refractivity contribution in [3.8, 4) is 11.5 Å². The predicted octanol–water partition coefficient (Wildman–Crippen LogP) is 0.629. The van der Waals surface area contributed by atoms with E-state index in [0.29, 0.717) is 11.5 Å². The van der Waals surface area contributed by atoms with Crippen LogP contribution in [0.4, 0.5) is 0 Å². The third-order valence-electron chi connectivity index (χ3n) is 2.24. The molecule has 2 N–H and O–H groups in total. The van der Waals surface area contributed by atoms with Crippen molar-refractivity contribution in [3.63, 3.8) is 0 Å². The van der Waals surface area contributed by atoms with Crippen molar-refractivity contribution in [2.75, 3.05) is 13.3 Å². The van der Waals surface area contributed by atoms with E-state index in [1.165, 1.54) is 6.08 Å². The molecular formula is C12H11NO5. The summed E-state index contributed by atoms with van der Waals surface area (Å²) < 4.78 is 10.3. The van der Waals surface area contributed by atoms with E-state index in [0.717, 1.165) is 5.56 Å². The Bertz CT molecular complexity index is 509. The van der Waals surface area contributed by atoms with Crippen LogP contribution in [0.5, 0.6) is 11.5 Å². The molecule has 0 saturated heterocycles. The maximum atomic E-state index is 11.2. The van der Waals surface area contributed by atoms with Crippen molar-refractivity contribution in [1.29, 1.82) is 0 Å². The number of carbonyl (C=O) groups is 2. The van der Waals surface area contributed by atoms with Gasteiger partial charge in [0, 0.05) is 6.08 Å². The number of rotatable bonds is 4. The number of carboxylic acids is 1. The first kappa shape index (κ1) is 12.0. The second kappa shape index (κ2) is 5.22. The van der Waals surface area contributed by atoms with Gasteiger partial charge in [0.2, 0.25) is 12.7 Å². The highest BCUT2D eigenvalue weighted by Gasteiger charge is 2.12. The molecule has 18 heavy (non-hydrogen) atoms. The molecule has 6 heteroatoms. The van der Waals surface area contributed by atoms with Gasteiger partial charge >= 0.3 is 5.97 Å². The molecule has 0 unspecified atom stereocenters. The number of hydrogen-bond donors (Lipinski definition) is 2. The fourth-order valence-corrected chi connectivity index (χ4v) is 1.41. The van der Waals surface area contributed by atoms with E-state index in [1.807, 2.05) is 0 Å². The van der Waals surface area contributed by atoms with Crippen LogP contribution in [0.2, 0.25) is 0 Å². The number of nitrogens with one attached hydrogen (secondary N) is 1. The second-order valence-electron chi connectivity index (χ2n) is 3.56. The molecule has 6 nitrogen and oxygen atoms in total. The normalized spacial score (nSPS) is 12.7. The largest absolute Gasteiger partial charge is 0.480 e. The Morgan fingerprint density at radius 3 is 2.89 bits per heavy atom. The van der Waals surface area contributed by atoms with Crippen molar-refractivity contribution < 1.29 is 24.2 Å². The molecule has 0 spiro atoms. The molecule has 0 radical (unpaired) electrons. The summed E-state index contributed by atoms with van der Waals surface area (Å²) in [7, 11) is 0. The van der Waals surface area contributed by atoms with Gasteiger partial charge in [0.05, 0.1) is 0 Å². The van der Waals surface area contributed by atoms with Crippen LogP contribution in [-0.4, -0.2) is 30.3 Å². The zero-order valence-electron chi connectivity index (χ0n) is 9.38. The van der Waals surface area contributed by atoms with Crippen molar-refractivity contribution in [1.82, 2.24) is 5.32 Å². The lowest BCUT2D eigenvalue weighted by Gasteiger charge is -1.98. The highest BCUT2D eigenvalue weighted by molar-refractivity contribution is 5.93. The fourth-order valence-electron chi connectivity index (χ4n) is 1.41. The van der Waals surface area contributed by atoms with Gasteiger partial charge in [0.15, 0.2) is 11.5 Å². The van der Waals surface area contributed by atoms with Crippen molar-refractivity contribution in [2.24, 2.45) is 0 Å². The maximum Gasteiger partial charge on any atom is 0.322 e. The minimum atomic E-state index is -1.08. The molecule has 1 aromatic rings. The first-order chi connectivity index (χ1) is 8.65. The van der Waals surface area contributed by atoms with Gasteiger partial charge in [-0.2, -0.15) is 0 Å². The van der Waals surface area contributed by atoms with Gasteiger partial charge < -0.3 is 19.9 Å². The van der Waals surface area contributed by atoms with Crippen molar-refractivity contribution in [2.45, 2.75) is 0 Å². The van der Waals surface area contributed by atoms with E-state index in [-0.39, 0.29) is 6.79 Å². The topological polar surface area (TPSA) is 84.9 Å². The highest BCUT2D eigenvalue weighted by atomic mass is 16.7. The average Bonchev–Trinajstić information content (AvgIpc) is 2.81. The monoisotopic (exact) mass is 249 g/mol. The molecule has 1 amide bonds. The van der Waals surface area contributed by atoms with Crippen LogP contribution in [0, 0.1) is 0 Å². The van der Waals surface area contributed by atoms with Crippen LogP contribution in [0.15, 0.2) is 24.3 Å². The molecule has 94 valence electrons. The summed E-state index contributed by atoms with van der Waals surface area (Å²) in [4.78, 5) is 21.5. The zero-order chi connectivity index (χ0) is 13.0.